The van der Waals surface area contributed by atoms with Crippen molar-refractivity contribution in [2.24, 2.45) is 0 Å². The first-order chi connectivity index (χ1) is 8.72. The fourth-order valence-corrected chi connectivity index (χ4v) is 1.57. The fourth-order valence-electron chi connectivity index (χ4n) is 1.26. The highest BCUT2D eigenvalue weighted by molar-refractivity contribution is 9.10. The van der Waals surface area contributed by atoms with Crippen molar-refractivity contribution in [1.82, 2.24) is 5.32 Å². The molecule has 1 aromatic rings. The maximum absolute atomic E-state index is 11.4. The number of amides is 2. The second-order valence-electron chi connectivity index (χ2n) is 3.80. The number of rotatable bonds is 8. The Morgan fingerprint density at radius 2 is 2.17 bits per heavy atom. The molecule has 2 N–H and O–H groups in total. The number of hydrogen-bond acceptors (Lipinski definition) is 3. The van der Waals surface area contributed by atoms with E-state index in [1.165, 1.54) is 0 Å². The Balaban J connectivity index is 2.00. The molecule has 0 aliphatic heterocycles. The molecule has 0 spiro atoms. The molecule has 0 saturated heterocycles. The molecule has 5 nitrogen and oxygen atoms in total. The number of nitrogens with one attached hydrogen (secondary N) is 2. The molecular weight excluding hydrogens is 300 g/mol. The van der Waals surface area contributed by atoms with Crippen molar-refractivity contribution in [2.75, 3.05) is 25.1 Å². The van der Waals surface area contributed by atoms with Crippen molar-refractivity contribution < 1.29 is 13.9 Å². The van der Waals surface area contributed by atoms with Crippen LogP contribution in [0.3, 0.4) is 0 Å². The van der Waals surface area contributed by atoms with Gasteiger partial charge in [-0.3, -0.25) is 5.32 Å². The van der Waals surface area contributed by atoms with Crippen LogP contribution in [0.25, 0.3) is 0 Å². The van der Waals surface area contributed by atoms with E-state index in [0.29, 0.717) is 23.7 Å². The first-order valence-electron chi connectivity index (χ1n) is 6.10. The van der Waals surface area contributed by atoms with Crippen molar-refractivity contribution >= 4 is 27.8 Å². The summed E-state index contributed by atoms with van der Waals surface area (Å²) < 4.78 is 11.1. The quantitative estimate of drug-likeness (QED) is 0.722. The summed E-state index contributed by atoms with van der Waals surface area (Å²) >= 11 is 3.16. The number of halogens is 1. The Morgan fingerprint density at radius 3 is 2.83 bits per heavy atom. The lowest BCUT2D eigenvalue weighted by Crippen LogP contribution is -2.29. The predicted molar refractivity (Wildman–Crippen MR) is 73.8 cm³/mol. The Labute approximate surface area is 115 Å². The molecule has 1 heterocycles. The third kappa shape index (κ3) is 6.66. The second-order valence-corrected chi connectivity index (χ2v) is 4.59. The highest BCUT2D eigenvalue weighted by Crippen LogP contribution is 2.17. The van der Waals surface area contributed by atoms with Crippen LogP contribution in [0.15, 0.2) is 21.2 Å². The zero-order valence-electron chi connectivity index (χ0n) is 10.5. The van der Waals surface area contributed by atoms with Gasteiger partial charge in [0.25, 0.3) is 0 Å². The van der Waals surface area contributed by atoms with E-state index < -0.39 is 0 Å². The molecule has 0 unspecified atom stereocenters. The van der Waals surface area contributed by atoms with Crippen molar-refractivity contribution in [3.63, 3.8) is 0 Å². The van der Waals surface area contributed by atoms with Crippen LogP contribution in [0.1, 0.15) is 26.2 Å². The van der Waals surface area contributed by atoms with Crippen molar-refractivity contribution in [2.45, 2.75) is 26.2 Å². The molecular formula is C12H19BrN2O3. The third-order valence-electron chi connectivity index (χ3n) is 2.20. The number of unbranched alkanes of at least 4 members (excludes halogenated alkanes) is 1. The van der Waals surface area contributed by atoms with Gasteiger partial charge in [-0.1, -0.05) is 13.3 Å². The lowest BCUT2D eigenvalue weighted by atomic mass is 10.4. The van der Waals surface area contributed by atoms with Gasteiger partial charge in [-0.05, 0) is 34.8 Å². The molecule has 1 rings (SSSR count). The number of furan rings is 1. The highest BCUT2D eigenvalue weighted by Gasteiger charge is 2.04. The highest BCUT2D eigenvalue weighted by atomic mass is 79.9. The number of ether oxygens (including phenoxy) is 1. The van der Waals surface area contributed by atoms with Crippen molar-refractivity contribution in [1.29, 1.82) is 0 Å². The minimum absolute atomic E-state index is 0.273. The van der Waals surface area contributed by atoms with Crippen LogP contribution in [0.4, 0.5) is 10.7 Å². The summed E-state index contributed by atoms with van der Waals surface area (Å²) in [5.74, 6) is 0.415. The molecule has 18 heavy (non-hydrogen) atoms. The van der Waals surface area contributed by atoms with Crippen LogP contribution < -0.4 is 10.6 Å². The molecule has 102 valence electrons. The van der Waals surface area contributed by atoms with Crippen molar-refractivity contribution in [3.8, 4) is 0 Å². The van der Waals surface area contributed by atoms with Crippen LogP contribution in [-0.4, -0.2) is 25.8 Å². The monoisotopic (exact) mass is 318 g/mol. The minimum Gasteiger partial charge on any atom is -0.434 e. The standard InChI is InChI=1S/C12H19BrN2O3/c1-2-3-8-17-9-4-7-14-12(16)15-11-6-5-10(13)18-11/h5-6H,2-4,7-9H2,1H3,(H2,14,15,16). The van der Waals surface area contributed by atoms with E-state index >= 15 is 0 Å². The zero-order chi connectivity index (χ0) is 13.2. The summed E-state index contributed by atoms with van der Waals surface area (Å²) in [5.41, 5.74) is 0. The lowest BCUT2D eigenvalue weighted by Gasteiger charge is -2.06. The van der Waals surface area contributed by atoms with Gasteiger partial charge in [-0.25, -0.2) is 4.79 Å². The molecule has 0 atom stereocenters. The normalized spacial score (nSPS) is 10.3. The average Bonchev–Trinajstić information content (AvgIpc) is 2.73. The summed E-state index contributed by atoms with van der Waals surface area (Å²) in [5, 5.41) is 5.31. The van der Waals surface area contributed by atoms with Gasteiger partial charge in [0.05, 0.1) is 0 Å². The summed E-state index contributed by atoms with van der Waals surface area (Å²) in [6, 6.07) is 3.12. The molecule has 0 radical (unpaired) electrons. The lowest BCUT2D eigenvalue weighted by molar-refractivity contribution is 0.129. The first-order valence-corrected chi connectivity index (χ1v) is 6.89. The van der Waals surface area contributed by atoms with E-state index in [1.807, 2.05) is 0 Å². The summed E-state index contributed by atoms with van der Waals surface area (Å²) in [7, 11) is 0. The van der Waals surface area contributed by atoms with E-state index in [0.717, 1.165) is 25.9 Å². The molecule has 2 amide bonds. The topological polar surface area (TPSA) is 63.5 Å². The van der Waals surface area contributed by atoms with E-state index in [4.69, 9.17) is 9.15 Å². The van der Waals surface area contributed by atoms with Gasteiger partial charge < -0.3 is 14.5 Å². The van der Waals surface area contributed by atoms with E-state index in [-0.39, 0.29) is 6.03 Å². The van der Waals surface area contributed by atoms with Crippen LogP contribution in [-0.2, 0) is 4.74 Å². The SMILES string of the molecule is CCCCOCCCNC(=O)Nc1ccc(Br)o1. The zero-order valence-corrected chi connectivity index (χ0v) is 12.1. The van der Waals surface area contributed by atoms with Crippen LogP contribution >= 0.6 is 15.9 Å². The van der Waals surface area contributed by atoms with Gasteiger partial charge in [-0.15, -0.1) is 0 Å². The number of carbonyl (C=O) groups excluding carboxylic acids is 1. The Bertz CT molecular complexity index is 355. The molecule has 0 aliphatic carbocycles. The van der Waals surface area contributed by atoms with Gasteiger partial charge in [0, 0.05) is 25.8 Å². The molecule has 0 saturated carbocycles. The van der Waals surface area contributed by atoms with E-state index in [9.17, 15) is 4.79 Å². The van der Waals surface area contributed by atoms with Crippen LogP contribution in [0.5, 0.6) is 0 Å². The number of urea groups is 1. The second kappa shape index (κ2) is 8.99. The number of anilines is 1. The number of hydrogen-bond donors (Lipinski definition) is 2. The molecule has 0 bridgehead atoms. The minimum atomic E-state index is -0.273. The molecule has 1 aromatic heterocycles. The Morgan fingerprint density at radius 1 is 1.39 bits per heavy atom. The average molecular weight is 319 g/mol. The maximum atomic E-state index is 11.4. The van der Waals surface area contributed by atoms with Gasteiger partial charge >= 0.3 is 6.03 Å². The van der Waals surface area contributed by atoms with Crippen molar-refractivity contribution in [3.05, 3.63) is 16.8 Å². The molecule has 0 aliphatic rings. The van der Waals surface area contributed by atoms with Gasteiger partial charge in [-0.2, -0.15) is 0 Å². The molecule has 0 fully saturated rings. The maximum Gasteiger partial charge on any atom is 0.321 e. The first kappa shape index (κ1) is 15.0. The Kier molecular flexibility index (Phi) is 7.52. The fraction of sp³-hybridized carbons (Fsp3) is 0.583. The van der Waals surface area contributed by atoms with Crippen LogP contribution in [0, 0.1) is 0 Å². The van der Waals surface area contributed by atoms with Crippen LogP contribution in [0.2, 0.25) is 0 Å². The smallest absolute Gasteiger partial charge is 0.321 e. The van der Waals surface area contributed by atoms with Gasteiger partial charge in [0.1, 0.15) is 0 Å². The van der Waals surface area contributed by atoms with Gasteiger partial charge in [0.2, 0.25) is 5.88 Å². The number of carbonyl (C=O) groups is 1. The molecule has 0 aromatic carbocycles. The summed E-state index contributed by atoms with van der Waals surface area (Å²) in [6.45, 7) is 4.18. The van der Waals surface area contributed by atoms with Gasteiger partial charge in [0.15, 0.2) is 4.67 Å². The van der Waals surface area contributed by atoms with E-state index in [2.05, 4.69) is 33.5 Å². The third-order valence-corrected chi connectivity index (χ3v) is 2.63. The molecule has 6 heteroatoms. The largest absolute Gasteiger partial charge is 0.434 e. The summed E-state index contributed by atoms with van der Waals surface area (Å²) in [6.07, 6.45) is 3.03. The summed E-state index contributed by atoms with van der Waals surface area (Å²) in [4.78, 5) is 11.4. The Hall–Kier alpha value is -1.01. The van der Waals surface area contributed by atoms with E-state index in [1.54, 1.807) is 12.1 Å². The predicted octanol–water partition coefficient (Wildman–Crippen LogP) is 3.37.